The van der Waals surface area contributed by atoms with Crippen LogP contribution in [-0.4, -0.2) is 24.1 Å². The van der Waals surface area contributed by atoms with E-state index in [9.17, 15) is 0 Å². The lowest BCUT2D eigenvalue weighted by Crippen LogP contribution is -2.38. The average molecular weight is 182 g/mol. The van der Waals surface area contributed by atoms with Crippen molar-refractivity contribution in [3.05, 3.63) is 0 Å². The Kier molecular flexibility index (Phi) is 2.89. The minimum atomic E-state index is 0.832. The van der Waals surface area contributed by atoms with Crippen molar-refractivity contribution in [2.45, 2.75) is 45.6 Å². The number of hydrogen-bond acceptors (Lipinski definition) is 2. The third kappa shape index (κ3) is 2.05. The van der Waals surface area contributed by atoms with Crippen molar-refractivity contribution in [3.8, 4) is 0 Å². The predicted octanol–water partition coefficient (Wildman–Crippen LogP) is 2.02. The van der Waals surface area contributed by atoms with E-state index in [4.69, 9.17) is 0 Å². The van der Waals surface area contributed by atoms with Crippen molar-refractivity contribution in [2.75, 3.05) is 13.1 Å². The molecule has 2 nitrogen and oxygen atoms in total. The topological polar surface area (TPSA) is 15.3 Å². The lowest BCUT2D eigenvalue weighted by Gasteiger charge is -2.23. The van der Waals surface area contributed by atoms with Crippen LogP contribution >= 0.6 is 0 Å². The molecular formula is C11H22N2. The molecule has 0 radical (unpaired) electrons. The van der Waals surface area contributed by atoms with Gasteiger partial charge in [-0.3, -0.25) is 5.43 Å². The van der Waals surface area contributed by atoms with Crippen LogP contribution in [0.15, 0.2) is 0 Å². The van der Waals surface area contributed by atoms with Gasteiger partial charge in [-0.15, -0.1) is 0 Å². The molecule has 1 aliphatic carbocycles. The first kappa shape index (κ1) is 9.47. The monoisotopic (exact) mass is 182 g/mol. The van der Waals surface area contributed by atoms with E-state index in [0.29, 0.717) is 0 Å². The van der Waals surface area contributed by atoms with Gasteiger partial charge >= 0.3 is 0 Å². The van der Waals surface area contributed by atoms with Crippen LogP contribution in [0.3, 0.4) is 0 Å². The Labute approximate surface area is 81.7 Å². The van der Waals surface area contributed by atoms with Gasteiger partial charge in [0.2, 0.25) is 0 Å². The van der Waals surface area contributed by atoms with Crippen LogP contribution in [0.4, 0.5) is 0 Å². The SMILES string of the molecule is CC(C)C1CNN(C2CCCC2)C1. The van der Waals surface area contributed by atoms with Crippen molar-refractivity contribution in [1.29, 1.82) is 0 Å². The first-order chi connectivity index (χ1) is 6.27. The highest BCUT2D eigenvalue weighted by Gasteiger charge is 2.30. The molecular weight excluding hydrogens is 160 g/mol. The molecule has 1 atom stereocenters. The van der Waals surface area contributed by atoms with Gasteiger partial charge in [0.15, 0.2) is 0 Å². The van der Waals surface area contributed by atoms with Gasteiger partial charge in [0.05, 0.1) is 0 Å². The zero-order valence-electron chi connectivity index (χ0n) is 8.92. The number of nitrogens with one attached hydrogen (secondary N) is 1. The summed E-state index contributed by atoms with van der Waals surface area (Å²) >= 11 is 0. The summed E-state index contributed by atoms with van der Waals surface area (Å²) in [6.45, 7) is 7.16. The van der Waals surface area contributed by atoms with Crippen molar-refractivity contribution in [1.82, 2.24) is 10.4 Å². The van der Waals surface area contributed by atoms with Crippen molar-refractivity contribution in [3.63, 3.8) is 0 Å². The Hall–Kier alpha value is -0.0800. The molecule has 1 heterocycles. The highest BCUT2D eigenvalue weighted by Crippen LogP contribution is 2.26. The van der Waals surface area contributed by atoms with Crippen LogP contribution in [0.25, 0.3) is 0 Å². The normalized spacial score (nSPS) is 32.1. The third-order valence-corrected chi connectivity index (χ3v) is 3.70. The van der Waals surface area contributed by atoms with Crippen LogP contribution in [0.2, 0.25) is 0 Å². The maximum absolute atomic E-state index is 3.56. The van der Waals surface area contributed by atoms with E-state index in [1.807, 2.05) is 0 Å². The average Bonchev–Trinajstić information content (AvgIpc) is 2.75. The van der Waals surface area contributed by atoms with Crippen molar-refractivity contribution in [2.24, 2.45) is 11.8 Å². The molecule has 0 aromatic carbocycles. The summed E-state index contributed by atoms with van der Waals surface area (Å²) in [6.07, 6.45) is 5.71. The number of rotatable bonds is 2. The Morgan fingerprint density at radius 2 is 1.92 bits per heavy atom. The fraction of sp³-hybridized carbons (Fsp3) is 1.00. The van der Waals surface area contributed by atoms with E-state index in [0.717, 1.165) is 17.9 Å². The van der Waals surface area contributed by atoms with E-state index in [1.54, 1.807) is 0 Å². The molecule has 0 aromatic heterocycles. The standard InChI is InChI=1S/C11H22N2/c1-9(2)10-7-12-13(8-10)11-5-3-4-6-11/h9-12H,3-8H2,1-2H3. The largest absolute Gasteiger partial charge is 0.255 e. The molecule has 0 spiro atoms. The molecule has 0 amide bonds. The van der Waals surface area contributed by atoms with Gasteiger partial charge in [-0.1, -0.05) is 26.7 Å². The number of hydrazine groups is 1. The molecule has 1 unspecified atom stereocenters. The predicted molar refractivity (Wildman–Crippen MR) is 55.3 cm³/mol. The molecule has 1 saturated carbocycles. The molecule has 2 aliphatic rings. The van der Waals surface area contributed by atoms with Crippen LogP contribution in [0.5, 0.6) is 0 Å². The Bertz CT molecular complexity index is 161. The van der Waals surface area contributed by atoms with Crippen molar-refractivity contribution < 1.29 is 0 Å². The second kappa shape index (κ2) is 3.97. The van der Waals surface area contributed by atoms with E-state index in [-0.39, 0.29) is 0 Å². The van der Waals surface area contributed by atoms with Gasteiger partial charge in [0.25, 0.3) is 0 Å². The highest BCUT2D eigenvalue weighted by atomic mass is 15.5. The highest BCUT2D eigenvalue weighted by molar-refractivity contribution is 4.83. The quantitative estimate of drug-likeness (QED) is 0.703. The summed E-state index contributed by atoms with van der Waals surface area (Å²) in [5, 5.41) is 2.51. The van der Waals surface area contributed by atoms with Gasteiger partial charge in [0, 0.05) is 19.1 Å². The van der Waals surface area contributed by atoms with Gasteiger partial charge in [-0.2, -0.15) is 0 Å². The number of nitrogens with zero attached hydrogens (tertiary/aromatic N) is 1. The van der Waals surface area contributed by atoms with E-state index >= 15 is 0 Å². The van der Waals surface area contributed by atoms with Crippen molar-refractivity contribution >= 4 is 0 Å². The maximum Gasteiger partial charge on any atom is 0.0243 e. The first-order valence-electron chi connectivity index (χ1n) is 5.77. The lowest BCUT2D eigenvalue weighted by atomic mass is 9.97. The molecule has 1 N–H and O–H groups in total. The fourth-order valence-corrected chi connectivity index (χ4v) is 2.56. The molecule has 2 fully saturated rings. The minimum absolute atomic E-state index is 0.832. The molecule has 1 saturated heterocycles. The van der Waals surface area contributed by atoms with Gasteiger partial charge in [-0.05, 0) is 24.7 Å². The summed E-state index contributed by atoms with van der Waals surface area (Å²) in [7, 11) is 0. The molecule has 0 bridgehead atoms. The molecule has 76 valence electrons. The Morgan fingerprint density at radius 3 is 2.46 bits per heavy atom. The van der Waals surface area contributed by atoms with Crippen LogP contribution < -0.4 is 5.43 Å². The molecule has 2 heteroatoms. The molecule has 13 heavy (non-hydrogen) atoms. The van der Waals surface area contributed by atoms with Gasteiger partial charge in [0.1, 0.15) is 0 Å². The Balaban J connectivity index is 1.83. The zero-order chi connectivity index (χ0) is 9.26. The van der Waals surface area contributed by atoms with Crippen LogP contribution in [0, 0.1) is 11.8 Å². The summed E-state index contributed by atoms with van der Waals surface area (Å²) in [5.74, 6) is 1.71. The smallest absolute Gasteiger partial charge is 0.0243 e. The van der Waals surface area contributed by atoms with E-state index < -0.39 is 0 Å². The van der Waals surface area contributed by atoms with E-state index in [1.165, 1.54) is 38.8 Å². The minimum Gasteiger partial charge on any atom is -0.255 e. The fourth-order valence-electron chi connectivity index (χ4n) is 2.56. The first-order valence-corrected chi connectivity index (χ1v) is 5.77. The van der Waals surface area contributed by atoms with Crippen LogP contribution in [0.1, 0.15) is 39.5 Å². The molecule has 0 aromatic rings. The van der Waals surface area contributed by atoms with Gasteiger partial charge in [-0.25, -0.2) is 5.01 Å². The Morgan fingerprint density at radius 1 is 1.23 bits per heavy atom. The summed E-state index contributed by atoms with van der Waals surface area (Å²) in [6, 6.07) is 0.851. The summed E-state index contributed by atoms with van der Waals surface area (Å²) < 4.78 is 0. The van der Waals surface area contributed by atoms with Crippen LogP contribution in [-0.2, 0) is 0 Å². The second-order valence-electron chi connectivity index (χ2n) is 4.96. The summed E-state index contributed by atoms with van der Waals surface area (Å²) in [5.41, 5.74) is 3.56. The second-order valence-corrected chi connectivity index (χ2v) is 4.96. The number of hydrogen-bond donors (Lipinski definition) is 1. The lowest BCUT2D eigenvalue weighted by molar-refractivity contribution is 0.170. The molecule has 1 aliphatic heterocycles. The summed E-state index contributed by atoms with van der Waals surface area (Å²) in [4.78, 5) is 0. The van der Waals surface area contributed by atoms with Gasteiger partial charge < -0.3 is 0 Å². The zero-order valence-corrected chi connectivity index (χ0v) is 8.92. The van der Waals surface area contributed by atoms with E-state index in [2.05, 4.69) is 24.3 Å². The third-order valence-electron chi connectivity index (χ3n) is 3.70. The maximum atomic E-state index is 3.56. The molecule has 2 rings (SSSR count).